The van der Waals surface area contributed by atoms with Crippen LogP contribution < -0.4 is 10.2 Å². The number of hydrogen-bond acceptors (Lipinski definition) is 6. The minimum atomic E-state index is -3.32. The van der Waals surface area contributed by atoms with Crippen molar-refractivity contribution in [3.63, 3.8) is 0 Å². The van der Waals surface area contributed by atoms with Gasteiger partial charge in [-0.2, -0.15) is 4.31 Å². The average molecular weight is 405 g/mol. The number of rotatable bonds is 4. The van der Waals surface area contributed by atoms with Crippen molar-refractivity contribution >= 4 is 26.5 Å². The van der Waals surface area contributed by atoms with Crippen LogP contribution in [0.15, 0.2) is 30.3 Å². The Labute approximate surface area is 164 Å². The van der Waals surface area contributed by atoms with Crippen LogP contribution in [0.3, 0.4) is 0 Å². The van der Waals surface area contributed by atoms with Gasteiger partial charge in [-0.15, -0.1) is 11.3 Å². The van der Waals surface area contributed by atoms with Gasteiger partial charge >= 0.3 is 0 Å². The molecule has 27 heavy (non-hydrogen) atoms. The van der Waals surface area contributed by atoms with Crippen LogP contribution in [0.25, 0.3) is 0 Å². The topological polar surface area (TPSA) is 65.5 Å². The molecule has 2 bridgehead atoms. The van der Waals surface area contributed by atoms with E-state index in [-0.39, 0.29) is 5.75 Å². The molecule has 144 valence electrons. The summed E-state index contributed by atoms with van der Waals surface area (Å²) in [4.78, 5) is 8.52. The van der Waals surface area contributed by atoms with E-state index in [4.69, 9.17) is 4.98 Å². The van der Waals surface area contributed by atoms with Gasteiger partial charge in [0.25, 0.3) is 0 Å². The Hall–Kier alpha value is -1.48. The number of benzene rings is 1. The Morgan fingerprint density at radius 1 is 1.15 bits per heavy atom. The van der Waals surface area contributed by atoms with Crippen molar-refractivity contribution in [3.05, 3.63) is 46.5 Å². The van der Waals surface area contributed by atoms with Crippen molar-refractivity contribution in [2.45, 2.75) is 43.6 Å². The number of aromatic nitrogens is 1. The lowest BCUT2D eigenvalue weighted by Crippen LogP contribution is -2.51. The first-order chi connectivity index (χ1) is 13.1. The molecule has 2 fully saturated rings. The highest BCUT2D eigenvalue weighted by molar-refractivity contribution is 7.88. The SMILES string of the molecule is O=S(=O)(Cc1ccccc1)N1CCc2nc(N3C4CCC3CNC4)sc2C1. The smallest absolute Gasteiger partial charge is 0.218 e. The molecule has 0 spiro atoms. The van der Waals surface area contributed by atoms with Crippen LogP contribution in [0.1, 0.15) is 29.0 Å². The van der Waals surface area contributed by atoms with Crippen LogP contribution >= 0.6 is 11.3 Å². The maximum Gasteiger partial charge on any atom is 0.218 e. The summed E-state index contributed by atoms with van der Waals surface area (Å²) in [5.74, 6) is 0.0662. The Morgan fingerprint density at radius 2 is 1.89 bits per heavy atom. The van der Waals surface area contributed by atoms with Crippen LogP contribution in [0, 0.1) is 0 Å². The summed E-state index contributed by atoms with van der Waals surface area (Å²) >= 11 is 1.70. The largest absolute Gasteiger partial charge is 0.340 e. The summed E-state index contributed by atoms with van der Waals surface area (Å²) in [5.41, 5.74) is 1.93. The fourth-order valence-electron chi connectivity index (χ4n) is 4.47. The molecule has 0 aliphatic carbocycles. The number of anilines is 1. The maximum atomic E-state index is 12.9. The van der Waals surface area contributed by atoms with Crippen molar-refractivity contribution in [3.8, 4) is 0 Å². The van der Waals surface area contributed by atoms with Gasteiger partial charge in [-0.1, -0.05) is 30.3 Å². The Balaban J connectivity index is 1.35. The second kappa shape index (κ2) is 6.84. The van der Waals surface area contributed by atoms with Crippen molar-refractivity contribution in [1.29, 1.82) is 0 Å². The zero-order valence-corrected chi connectivity index (χ0v) is 16.8. The van der Waals surface area contributed by atoms with E-state index in [1.54, 1.807) is 15.6 Å². The monoisotopic (exact) mass is 404 g/mol. The third-order valence-corrected chi connectivity index (χ3v) is 8.76. The Kier molecular flexibility index (Phi) is 4.46. The number of piperazine rings is 1. The van der Waals surface area contributed by atoms with Gasteiger partial charge in [0.1, 0.15) is 0 Å². The second-order valence-electron chi connectivity index (χ2n) is 7.64. The van der Waals surface area contributed by atoms with E-state index >= 15 is 0 Å². The predicted molar refractivity (Wildman–Crippen MR) is 107 cm³/mol. The van der Waals surface area contributed by atoms with Crippen LogP contribution in [0.5, 0.6) is 0 Å². The van der Waals surface area contributed by atoms with Crippen molar-refractivity contribution in [1.82, 2.24) is 14.6 Å². The predicted octanol–water partition coefficient (Wildman–Crippen LogP) is 1.97. The van der Waals surface area contributed by atoms with E-state index in [2.05, 4.69) is 10.2 Å². The lowest BCUT2D eigenvalue weighted by molar-refractivity contribution is 0.392. The fourth-order valence-corrected chi connectivity index (χ4v) is 7.31. The van der Waals surface area contributed by atoms with Crippen molar-refractivity contribution < 1.29 is 8.42 Å². The molecule has 1 aromatic heterocycles. The normalized spacial score (nSPS) is 25.6. The molecule has 4 heterocycles. The van der Waals surface area contributed by atoms with Crippen molar-refractivity contribution in [2.75, 3.05) is 24.5 Å². The molecule has 2 atom stereocenters. The summed E-state index contributed by atoms with van der Waals surface area (Å²) in [5, 5.41) is 4.60. The highest BCUT2D eigenvalue weighted by Gasteiger charge is 2.39. The van der Waals surface area contributed by atoms with Crippen LogP contribution in [-0.2, 0) is 28.7 Å². The summed E-state index contributed by atoms with van der Waals surface area (Å²) < 4.78 is 27.4. The quantitative estimate of drug-likeness (QED) is 0.844. The summed E-state index contributed by atoms with van der Waals surface area (Å²) in [6.45, 7) is 3.04. The standard InChI is InChI=1S/C19H24N4O2S2/c24-27(25,13-14-4-2-1-3-5-14)22-9-8-17-18(12-22)26-19(21-17)23-15-6-7-16(23)11-20-10-15/h1-5,15-16,20H,6-13H2. The molecule has 6 nitrogen and oxygen atoms in total. The van der Waals surface area contributed by atoms with Gasteiger partial charge in [-0.25, -0.2) is 13.4 Å². The van der Waals surface area contributed by atoms with Gasteiger partial charge in [0.05, 0.1) is 11.4 Å². The van der Waals surface area contributed by atoms with Crippen LogP contribution in [0.2, 0.25) is 0 Å². The second-order valence-corrected chi connectivity index (χ2v) is 10.7. The Bertz CT molecular complexity index is 912. The number of thiazole rings is 1. The number of hydrogen-bond donors (Lipinski definition) is 1. The zero-order chi connectivity index (χ0) is 18.4. The first-order valence-corrected chi connectivity index (χ1v) is 12.0. The molecule has 8 heteroatoms. The number of fused-ring (bicyclic) bond motifs is 3. The number of sulfonamides is 1. The maximum absolute atomic E-state index is 12.9. The summed E-state index contributed by atoms with van der Waals surface area (Å²) in [7, 11) is -3.32. The van der Waals surface area contributed by atoms with E-state index in [1.807, 2.05) is 30.3 Å². The van der Waals surface area contributed by atoms with E-state index in [0.717, 1.165) is 34.4 Å². The number of nitrogens with one attached hydrogen (secondary N) is 1. The molecule has 5 rings (SSSR count). The third-order valence-electron chi connectivity index (χ3n) is 5.87. The molecule has 2 aromatic rings. The zero-order valence-electron chi connectivity index (χ0n) is 15.2. The van der Waals surface area contributed by atoms with Gasteiger partial charge in [0.15, 0.2) is 5.13 Å². The molecule has 0 radical (unpaired) electrons. The van der Waals surface area contributed by atoms with E-state index in [9.17, 15) is 8.42 Å². The fraction of sp³-hybridized carbons (Fsp3) is 0.526. The molecule has 1 aromatic carbocycles. The van der Waals surface area contributed by atoms with Crippen LogP contribution in [0.4, 0.5) is 5.13 Å². The third kappa shape index (κ3) is 3.29. The lowest BCUT2D eigenvalue weighted by Gasteiger charge is -2.35. The van der Waals surface area contributed by atoms with Crippen molar-refractivity contribution in [2.24, 2.45) is 0 Å². The van der Waals surface area contributed by atoms with E-state index in [1.165, 1.54) is 12.8 Å². The molecule has 2 unspecified atom stereocenters. The summed E-state index contributed by atoms with van der Waals surface area (Å²) in [6, 6.07) is 10.5. The van der Waals surface area contributed by atoms with E-state index < -0.39 is 10.0 Å². The molecular weight excluding hydrogens is 380 g/mol. The molecule has 2 saturated heterocycles. The van der Waals surface area contributed by atoms with E-state index in [0.29, 0.717) is 31.6 Å². The lowest BCUT2D eigenvalue weighted by atomic mass is 10.2. The molecular formula is C19H24N4O2S2. The van der Waals surface area contributed by atoms with Gasteiger partial charge < -0.3 is 10.2 Å². The first-order valence-electron chi connectivity index (χ1n) is 9.59. The molecule has 0 saturated carbocycles. The van der Waals surface area contributed by atoms with Crippen LogP contribution in [-0.4, -0.2) is 49.4 Å². The minimum absolute atomic E-state index is 0.0662. The van der Waals surface area contributed by atoms with Gasteiger partial charge in [0, 0.05) is 49.6 Å². The minimum Gasteiger partial charge on any atom is -0.340 e. The van der Waals surface area contributed by atoms with Gasteiger partial charge in [0.2, 0.25) is 10.0 Å². The molecule has 3 aliphatic heterocycles. The molecule has 0 amide bonds. The highest BCUT2D eigenvalue weighted by atomic mass is 32.2. The summed E-state index contributed by atoms with van der Waals surface area (Å²) in [6.07, 6.45) is 3.15. The van der Waals surface area contributed by atoms with Gasteiger partial charge in [-0.3, -0.25) is 0 Å². The van der Waals surface area contributed by atoms with Gasteiger partial charge in [-0.05, 0) is 18.4 Å². The Morgan fingerprint density at radius 3 is 2.63 bits per heavy atom. The molecule has 1 N–H and O–H groups in total. The first kappa shape index (κ1) is 17.6. The average Bonchev–Trinajstić information content (AvgIpc) is 3.19. The highest BCUT2D eigenvalue weighted by Crippen LogP contribution is 2.38. The number of nitrogens with zero attached hydrogens (tertiary/aromatic N) is 3. The molecule has 3 aliphatic rings.